The first-order chi connectivity index (χ1) is 4.75. The highest BCUT2D eigenvalue weighted by Gasteiger charge is 1.99. The molecular formula is C7H7ClN2. The lowest BCUT2D eigenvalue weighted by Crippen LogP contribution is -1.78. The maximum Gasteiger partial charge on any atom is 0.154 e. The summed E-state index contributed by atoms with van der Waals surface area (Å²) in [4.78, 5) is 7.57. The predicted molar refractivity (Wildman–Crippen MR) is 43.2 cm³/mol. The Morgan fingerprint density at radius 1 is 1.70 bits per heavy atom. The van der Waals surface area contributed by atoms with Gasteiger partial charge in [0.1, 0.15) is 5.69 Å². The number of pyridine rings is 1. The molecule has 1 heterocycles. The van der Waals surface area contributed by atoms with E-state index in [0.29, 0.717) is 10.8 Å². The van der Waals surface area contributed by atoms with E-state index in [1.165, 1.54) is 0 Å². The third-order valence-electron chi connectivity index (χ3n) is 1.24. The Morgan fingerprint density at radius 3 is 2.80 bits per heavy atom. The van der Waals surface area contributed by atoms with Gasteiger partial charge in [0, 0.05) is 6.20 Å². The number of hydrogen-bond acceptors (Lipinski definition) is 2. The van der Waals surface area contributed by atoms with E-state index in [4.69, 9.17) is 11.6 Å². The molecule has 0 spiro atoms. The van der Waals surface area contributed by atoms with Crippen molar-refractivity contribution in [3.63, 3.8) is 0 Å². The minimum Gasteiger partial charge on any atom is -0.261 e. The molecule has 0 aromatic carbocycles. The summed E-state index contributed by atoms with van der Waals surface area (Å²) in [5.74, 6) is 0. The van der Waals surface area contributed by atoms with Crippen LogP contribution < -0.4 is 0 Å². The van der Waals surface area contributed by atoms with Gasteiger partial charge in [0.2, 0.25) is 0 Å². The fourth-order valence-corrected chi connectivity index (χ4v) is 0.972. The molecule has 0 unspecified atom stereocenters. The van der Waals surface area contributed by atoms with Gasteiger partial charge in [-0.15, -0.1) is 0 Å². The molecule has 1 aromatic rings. The molecule has 0 atom stereocenters. The summed E-state index contributed by atoms with van der Waals surface area (Å²) in [5.41, 5.74) is 1.67. The molecule has 1 aromatic heterocycles. The van der Waals surface area contributed by atoms with Gasteiger partial charge in [-0.3, -0.25) is 4.99 Å². The maximum absolute atomic E-state index is 5.68. The highest BCUT2D eigenvalue weighted by Crippen LogP contribution is 2.24. The fourth-order valence-electron chi connectivity index (χ4n) is 0.707. The number of hydrogen-bond donors (Lipinski definition) is 0. The lowest BCUT2D eigenvalue weighted by atomic mass is 10.3. The molecule has 0 aliphatic heterocycles. The Kier molecular flexibility index (Phi) is 2.02. The summed E-state index contributed by atoms with van der Waals surface area (Å²) >= 11 is 5.68. The van der Waals surface area contributed by atoms with E-state index in [0.717, 1.165) is 5.56 Å². The molecule has 0 fully saturated rings. The molecule has 0 saturated heterocycles. The molecule has 0 N–H and O–H groups in total. The van der Waals surface area contributed by atoms with Crippen LogP contribution in [0.5, 0.6) is 0 Å². The topological polar surface area (TPSA) is 25.2 Å². The first-order valence-corrected chi connectivity index (χ1v) is 3.21. The molecule has 0 saturated carbocycles. The number of aryl methyl sites for hydroxylation is 1. The summed E-state index contributed by atoms with van der Waals surface area (Å²) in [6, 6.07) is 1.84. The van der Waals surface area contributed by atoms with Crippen molar-refractivity contribution in [3.8, 4) is 0 Å². The third kappa shape index (κ3) is 1.16. The van der Waals surface area contributed by atoms with E-state index < -0.39 is 0 Å². The van der Waals surface area contributed by atoms with E-state index in [-0.39, 0.29) is 0 Å². The average molecular weight is 155 g/mol. The van der Waals surface area contributed by atoms with Crippen molar-refractivity contribution in [3.05, 3.63) is 23.0 Å². The Bertz CT molecular complexity index is 238. The van der Waals surface area contributed by atoms with Gasteiger partial charge in [-0.25, -0.2) is 4.98 Å². The minimum atomic E-state index is 0.412. The van der Waals surface area contributed by atoms with Crippen LogP contribution in [0.25, 0.3) is 0 Å². The molecule has 0 aliphatic carbocycles. The monoisotopic (exact) mass is 154 g/mol. The molecule has 3 heteroatoms. The Hall–Kier alpha value is -0.890. The van der Waals surface area contributed by atoms with Crippen LogP contribution >= 0.6 is 11.6 Å². The van der Waals surface area contributed by atoms with E-state index in [9.17, 15) is 0 Å². The number of nitrogens with zero attached hydrogens (tertiary/aromatic N) is 2. The van der Waals surface area contributed by atoms with Gasteiger partial charge in [-0.2, -0.15) is 0 Å². The Morgan fingerprint density at radius 2 is 2.40 bits per heavy atom. The zero-order valence-electron chi connectivity index (χ0n) is 5.63. The Balaban J connectivity index is 3.30. The standard InChI is InChI=1S/C7H7ClN2/c1-5-3-4-10-7(8)6(5)9-2/h3-4H,2H2,1H3. The second-order valence-corrected chi connectivity index (χ2v) is 2.28. The van der Waals surface area contributed by atoms with Crippen LogP contribution in [0.1, 0.15) is 5.56 Å². The highest BCUT2D eigenvalue weighted by molar-refractivity contribution is 6.31. The van der Waals surface area contributed by atoms with Crippen molar-refractivity contribution in [1.29, 1.82) is 0 Å². The maximum atomic E-state index is 5.68. The summed E-state index contributed by atoms with van der Waals surface area (Å²) in [6.45, 7) is 5.29. The number of halogens is 1. The van der Waals surface area contributed by atoms with Crippen molar-refractivity contribution in [2.24, 2.45) is 4.99 Å². The molecule has 52 valence electrons. The second kappa shape index (κ2) is 2.80. The van der Waals surface area contributed by atoms with Crippen LogP contribution in [0.4, 0.5) is 5.69 Å². The van der Waals surface area contributed by atoms with Crippen LogP contribution in [-0.4, -0.2) is 11.7 Å². The number of aromatic nitrogens is 1. The van der Waals surface area contributed by atoms with Crippen molar-refractivity contribution in [2.45, 2.75) is 6.92 Å². The van der Waals surface area contributed by atoms with E-state index in [1.807, 2.05) is 13.0 Å². The normalized spacial score (nSPS) is 9.40. The SMILES string of the molecule is C=Nc1c(C)ccnc1Cl. The minimum absolute atomic E-state index is 0.412. The Labute approximate surface area is 64.6 Å². The predicted octanol–water partition coefficient (Wildman–Crippen LogP) is 2.38. The first-order valence-electron chi connectivity index (χ1n) is 2.83. The van der Waals surface area contributed by atoms with Crippen molar-refractivity contribution in [1.82, 2.24) is 4.98 Å². The summed E-state index contributed by atoms with van der Waals surface area (Å²) in [5, 5.41) is 0.412. The first kappa shape index (κ1) is 7.22. The van der Waals surface area contributed by atoms with Crippen LogP contribution in [0.3, 0.4) is 0 Å². The molecule has 0 aliphatic rings. The van der Waals surface area contributed by atoms with E-state index in [1.54, 1.807) is 6.20 Å². The van der Waals surface area contributed by atoms with Crippen molar-refractivity contribution < 1.29 is 0 Å². The largest absolute Gasteiger partial charge is 0.261 e. The zero-order chi connectivity index (χ0) is 7.56. The van der Waals surface area contributed by atoms with Gasteiger partial charge in [0.05, 0.1) is 0 Å². The van der Waals surface area contributed by atoms with Gasteiger partial charge in [0.15, 0.2) is 5.15 Å². The molecule has 0 amide bonds. The quantitative estimate of drug-likeness (QED) is 0.450. The lowest BCUT2D eigenvalue weighted by molar-refractivity contribution is 1.26. The molecule has 1 rings (SSSR count). The number of aliphatic imine (C=N–C) groups is 1. The van der Waals surface area contributed by atoms with Gasteiger partial charge in [-0.05, 0) is 25.3 Å². The summed E-state index contributed by atoms with van der Waals surface area (Å²) in [7, 11) is 0. The van der Waals surface area contributed by atoms with Crippen LogP contribution in [0.2, 0.25) is 5.15 Å². The van der Waals surface area contributed by atoms with Crippen molar-refractivity contribution >= 4 is 24.0 Å². The van der Waals surface area contributed by atoms with E-state index >= 15 is 0 Å². The molecular weight excluding hydrogens is 148 g/mol. The van der Waals surface area contributed by atoms with E-state index in [2.05, 4.69) is 16.7 Å². The summed E-state index contributed by atoms with van der Waals surface area (Å²) < 4.78 is 0. The fraction of sp³-hybridized carbons (Fsp3) is 0.143. The smallest absolute Gasteiger partial charge is 0.154 e. The van der Waals surface area contributed by atoms with Gasteiger partial charge >= 0.3 is 0 Å². The van der Waals surface area contributed by atoms with Crippen LogP contribution in [-0.2, 0) is 0 Å². The highest BCUT2D eigenvalue weighted by atomic mass is 35.5. The molecule has 0 bridgehead atoms. The lowest BCUT2D eigenvalue weighted by Gasteiger charge is -1.98. The molecule has 2 nitrogen and oxygen atoms in total. The second-order valence-electron chi connectivity index (χ2n) is 1.93. The van der Waals surface area contributed by atoms with Crippen molar-refractivity contribution in [2.75, 3.05) is 0 Å². The molecule has 0 radical (unpaired) electrons. The molecule has 10 heavy (non-hydrogen) atoms. The average Bonchev–Trinajstić information content (AvgIpc) is 1.88. The van der Waals surface area contributed by atoms with Gasteiger partial charge in [0.25, 0.3) is 0 Å². The van der Waals surface area contributed by atoms with Gasteiger partial charge < -0.3 is 0 Å². The van der Waals surface area contributed by atoms with Crippen LogP contribution in [0.15, 0.2) is 17.3 Å². The van der Waals surface area contributed by atoms with Crippen LogP contribution in [0, 0.1) is 6.92 Å². The zero-order valence-corrected chi connectivity index (χ0v) is 6.39. The third-order valence-corrected chi connectivity index (χ3v) is 1.52. The van der Waals surface area contributed by atoms with Gasteiger partial charge in [-0.1, -0.05) is 11.6 Å². The summed E-state index contributed by atoms with van der Waals surface area (Å²) in [6.07, 6.45) is 1.65. The number of rotatable bonds is 1.